The Morgan fingerprint density at radius 2 is 1.56 bits per heavy atom. The number of benzene rings is 3. The number of nitrogens with zero attached hydrogens (tertiary/aromatic N) is 2. The molecule has 0 atom stereocenters. The van der Waals surface area contributed by atoms with E-state index in [2.05, 4.69) is 4.90 Å². The number of carbonyl (C=O) groups excluding carboxylic acids is 3. The third-order valence-corrected chi connectivity index (χ3v) is 7.69. The summed E-state index contributed by atoms with van der Waals surface area (Å²) in [7, 11) is 0. The van der Waals surface area contributed by atoms with Gasteiger partial charge in [0.15, 0.2) is 5.78 Å². The highest BCUT2D eigenvalue weighted by Crippen LogP contribution is 2.29. The zero-order valence-corrected chi connectivity index (χ0v) is 24.5. The Morgan fingerprint density at radius 1 is 0.854 bits per heavy atom. The van der Waals surface area contributed by atoms with Crippen LogP contribution in [0.1, 0.15) is 63.2 Å². The van der Waals surface area contributed by atoms with E-state index in [1.165, 1.54) is 0 Å². The zero-order chi connectivity index (χ0) is 29.4. The number of unbranched alkanes of at least 4 members (excludes halogenated alkanes) is 1. The maximum absolute atomic E-state index is 13.5. The number of aromatic nitrogens is 1. The van der Waals surface area contributed by atoms with Gasteiger partial charge in [-0.3, -0.25) is 23.9 Å². The molecule has 1 N–H and O–H groups in total. The SMILES string of the molecule is Cc1ccc2c(c1)c(CC(=O)CCCCN(CCCO)CC(=O)c1ccccc1)c(C)n2C(=O)c1ccc(Cl)cc1. The molecular weight excluding hydrogens is 536 g/mol. The minimum Gasteiger partial charge on any atom is -0.396 e. The standard InChI is InChI=1S/C34H37ClN2O4/c1-24-12-17-32-31(21-24)30(25(2)37(32)34(41)27-13-15-28(35)16-14-27)22-29(39)11-6-7-18-36(19-8-20-38)23-33(40)26-9-4-3-5-10-26/h3-5,9-10,12-17,21,38H,6-8,11,18-20,22-23H2,1-2H3. The Morgan fingerprint density at radius 3 is 2.27 bits per heavy atom. The lowest BCUT2D eigenvalue weighted by Crippen LogP contribution is -2.32. The Bertz CT molecular complexity index is 1510. The molecule has 0 radical (unpaired) electrons. The van der Waals surface area contributed by atoms with Crippen LogP contribution in [0.25, 0.3) is 10.9 Å². The van der Waals surface area contributed by atoms with Gasteiger partial charge in [-0.2, -0.15) is 0 Å². The van der Waals surface area contributed by atoms with Crippen molar-refractivity contribution in [2.75, 3.05) is 26.2 Å². The molecule has 214 valence electrons. The largest absolute Gasteiger partial charge is 0.396 e. The second-order valence-electron chi connectivity index (χ2n) is 10.5. The van der Waals surface area contributed by atoms with Crippen molar-refractivity contribution in [3.05, 3.63) is 106 Å². The first-order valence-electron chi connectivity index (χ1n) is 14.1. The van der Waals surface area contributed by atoms with Gasteiger partial charge in [0.05, 0.1) is 12.1 Å². The van der Waals surface area contributed by atoms with Gasteiger partial charge >= 0.3 is 0 Å². The van der Waals surface area contributed by atoms with Crippen molar-refractivity contribution in [3.63, 3.8) is 0 Å². The average molecular weight is 573 g/mol. The van der Waals surface area contributed by atoms with Crippen molar-refractivity contribution in [2.45, 2.75) is 46.0 Å². The molecule has 0 spiro atoms. The minimum atomic E-state index is -0.153. The summed E-state index contributed by atoms with van der Waals surface area (Å²) in [6, 6.07) is 22.0. The second kappa shape index (κ2) is 14.4. The molecule has 0 aliphatic rings. The lowest BCUT2D eigenvalue weighted by Gasteiger charge is -2.21. The average Bonchev–Trinajstić information content (AvgIpc) is 3.24. The summed E-state index contributed by atoms with van der Waals surface area (Å²) in [6.45, 7) is 5.57. The molecule has 3 aromatic carbocycles. The van der Waals surface area contributed by atoms with Crippen molar-refractivity contribution in [1.29, 1.82) is 0 Å². The van der Waals surface area contributed by atoms with E-state index in [4.69, 9.17) is 11.6 Å². The predicted molar refractivity (Wildman–Crippen MR) is 164 cm³/mol. The fraction of sp³-hybridized carbons (Fsp3) is 0.324. The summed E-state index contributed by atoms with van der Waals surface area (Å²) in [4.78, 5) is 41.4. The van der Waals surface area contributed by atoms with Gasteiger partial charge in [0.2, 0.25) is 0 Å². The van der Waals surface area contributed by atoms with Gasteiger partial charge in [0, 0.05) is 53.2 Å². The third kappa shape index (κ3) is 7.79. The molecule has 1 heterocycles. The van der Waals surface area contributed by atoms with Gasteiger partial charge in [-0.15, -0.1) is 0 Å². The van der Waals surface area contributed by atoms with Crippen LogP contribution in [0.5, 0.6) is 0 Å². The van der Waals surface area contributed by atoms with E-state index in [9.17, 15) is 19.5 Å². The monoisotopic (exact) mass is 572 g/mol. The van der Waals surface area contributed by atoms with Crippen molar-refractivity contribution in [2.24, 2.45) is 0 Å². The normalized spacial score (nSPS) is 11.3. The van der Waals surface area contributed by atoms with Gasteiger partial charge in [-0.05, 0) is 81.6 Å². The van der Waals surface area contributed by atoms with E-state index < -0.39 is 0 Å². The number of hydrogen-bond donors (Lipinski definition) is 1. The van der Waals surface area contributed by atoms with E-state index in [0.29, 0.717) is 48.5 Å². The summed E-state index contributed by atoms with van der Waals surface area (Å²) < 4.78 is 1.70. The van der Waals surface area contributed by atoms with E-state index in [-0.39, 0.29) is 37.0 Å². The number of aliphatic hydroxyl groups excluding tert-OH is 1. The Kier molecular flexibility index (Phi) is 10.6. The third-order valence-electron chi connectivity index (χ3n) is 7.43. The highest BCUT2D eigenvalue weighted by atomic mass is 35.5. The van der Waals surface area contributed by atoms with E-state index >= 15 is 0 Å². The topological polar surface area (TPSA) is 79.6 Å². The molecule has 0 fully saturated rings. The number of Topliss-reactive ketones (excluding diaryl/α,β-unsaturated/α-hetero) is 2. The van der Waals surface area contributed by atoms with Crippen molar-refractivity contribution >= 4 is 40.0 Å². The van der Waals surface area contributed by atoms with Gasteiger partial charge in [-0.1, -0.05) is 53.6 Å². The molecule has 0 saturated heterocycles. The number of hydrogen-bond acceptors (Lipinski definition) is 5. The first-order chi connectivity index (χ1) is 19.8. The van der Waals surface area contributed by atoms with E-state index in [0.717, 1.165) is 34.1 Å². The van der Waals surface area contributed by atoms with Gasteiger partial charge in [-0.25, -0.2) is 0 Å². The smallest absolute Gasteiger partial charge is 0.262 e. The van der Waals surface area contributed by atoms with Crippen LogP contribution in [0.15, 0.2) is 72.8 Å². The van der Waals surface area contributed by atoms with Crippen LogP contribution >= 0.6 is 11.6 Å². The summed E-state index contributed by atoms with van der Waals surface area (Å²) in [5.74, 6) is 0.0181. The van der Waals surface area contributed by atoms with E-state index in [1.54, 1.807) is 28.8 Å². The molecule has 41 heavy (non-hydrogen) atoms. The first kappa shape index (κ1) is 30.4. The zero-order valence-electron chi connectivity index (χ0n) is 23.7. The molecule has 0 bridgehead atoms. The molecule has 4 rings (SSSR count). The Hall–Kier alpha value is -3.58. The Balaban J connectivity index is 1.41. The minimum absolute atomic E-state index is 0.0509. The molecule has 0 amide bonds. The number of aryl methyl sites for hydroxylation is 1. The summed E-state index contributed by atoms with van der Waals surface area (Å²) in [6.07, 6.45) is 2.75. The number of ketones is 2. The lowest BCUT2D eigenvalue weighted by molar-refractivity contribution is -0.118. The van der Waals surface area contributed by atoms with Crippen LogP contribution < -0.4 is 0 Å². The van der Waals surface area contributed by atoms with Gasteiger partial charge < -0.3 is 5.11 Å². The maximum Gasteiger partial charge on any atom is 0.262 e. The van der Waals surface area contributed by atoms with E-state index in [1.807, 2.05) is 62.4 Å². The molecule has 0 unspecified atom stereocenters. The van der Waals surface area contributed by atoms with Crippen molar-refractivity contribution < 1.29 is 19.5 Å². The van der Waals surface area contributed by atoms with Crippen LogP contribution in [0.2, 0.25) is 5.02 Å². The number of rotatable bonds is 14. The van der Waals surface area contributed by atoms with Crippen LogP contribution in [-0.4, -0.2) is 58.3 Å². The molecule has 4 aromatic rings. The first-order valence-corrected chi connectivity index (χ1v) is 14.5. The predicted octanol–water partition coefficient (Wildman–Crippen LogP) is 6.45. The second-order valence-corrected chi connectivity index (χ2v) is 11.0. The number of aliphatic hydroxyl groups is 1. The van der Waals surface area contributed by atoms with Gasteiger partial charge in [0.1, 0.15) is 5.78 Å². The number of halogens is 1. The highest BCUT2D eigenvalue weighted by molar-refractivity contribution is 6.30. The van der Waals surface area contributed by atoms with Crippen LogP contribution in [0.3, 0.4) is 0 Å². The molecular formula is C34H37ClN2O4. The summed E-state index contributed by atoms with van der Waals surface area (Å²) in [5, 5.41) is 10.8. The fourth-order valence-corrected chi connectivity index (χ4v) is 5.36. The van der Waals surface area contributed by atoms with Crippen LogP contribution in [-0.2, 0) is 11.2 Å². The molecule has 0 saturated carbocycles. The molecule has 1 aromatic heterocycles. The van der Waals surface area contributed by atoms with Crippen molar-refractivity contribution in [1.82, 2.24) is 9.47 Å². The highest BCUT2D eigenvalue weighted by Gasteiger charge is 2.22. The summed E-state index contributed by atoms with van der Waals surface area (Å²) >= 11 is 6.02. The lowest BCUT2D eigenvalue weighted by atomic mass is 10.0. The van der Waals surface area contributed by atoms with Crippen molar-refractivity contribution in [3.8, 4) is 0 Å². The number of carbonyl (C=O) groups is 3. The molecule has 0 aliphatic heterocycles. The molecule has 7 heteroatoms. The maximum atomic E-state index is 13.5. The Labute approximate surface area is 246 Å². The molecule has 0 aliphatic carbocycles. The fourth-order valence-electron chi connectivity index (χ4n) is 5.23. The quantitative estimate of drug-likeness (QED) is 0.139. The van der Waals surface area contributed by atoms with Crippen LogP contribution in [0, 0.1) is 13.8 Å². The molecule has 6 nitrogen and oxygen atoms in total. The van der Waals surface area contributed by atoms with Crippen LogP contribution in [0.4, 0.5) is 0 Å². The number of fused-ring (bicyclic) bond motifs is 1. The van der Waals surface area contributed by atoms with Gasteiger partial charge in [0.25, 0.3) is 5.91 Å². The summed E-state index contributed by atoms with van der Waals surface area (Å²) in [5.41, 5.74) is 4.72.